The van der Waals surface area contributed by atoms with Gasteiger partial charge in [-0.05, 0) is 43.9 Å². The van der Waals surface area contributed by atoms with Gasteiger partial charge in [0.15, 0.2) is 0 Å². The van der Waals surface area contributed by atoms with Crippen LogP contribution in [-0.4, -0.2) is 28.8 Å². The maximum absolute atomic E-state index is 13.7. The van der Waals surface area contributed by atoms with Gasteiger partial charge in [-0.25, -0.2) is 0 Å². The lowest BCUT2D eigenvalue weighted by molar-refractivity contribution is -0.141. The fourth-order valence-electron chi connectivity index (χ4n) is 3.98. The first-order chi connectivity index (χ1) is 16.4. The first kappa shape index (κ1) is 25.2. The molecule has 2 amide bonds. The van der Waals surface area contributed by atoms with E-state index in [-0.39, 0.29) is 24.3 Å². The van der Waals surface area contributed by atoms with E-state index in [9.17, 15) is 9.59 Å². The van der Waals surface area contributed by atoms with Crippen molar-refractivity contribution >= 4 is 11.8 Å². The fourth-order valence-corrected chi connectivity index (χ4v) is 3.98. The average molecular weight is 457 g/mol. The second kappa shape index (κ2) is 12.2. The highest BCUT2D eigenvalue weighted by atomic mass is 16.2. The molecule has 0 saturated heterocycles. The number of aryl methyl sites for hydroxylation is 2. The van der Waals surface area contributed by atoms with Crippen molar-refractivity contribution in [3.8, 4) is 0 Å². The van der Waals surface area contributed by atoms with E-state index in [1.807, 2.05) is 107 Å². The Labute approximate surface area is 204 Å². The van der Waals surface area contributed by atoms with Crippen LogP contribution in [0.1, 0.15) is 48.1 Å². The van der Waals surface area contributed by atoms with Gasteiger partial charge in [0.05, 0.1) is 6.42 Å². The first-order valence-electron chi connectivity index (χ1n) is 12.1. The summed E-state index contributed by atoms with van der Waals surface area (Å²) in [7, 11) is 0. The average Bonchev–Trinajstić information content (AvgIpc) is 2.83. The van der Waals surface area contributed by atoms with Crippen LogP contribution in [0, 0.1) is 13.8 Å². The van der Waals surface area contributed by atoms with Crippen LogP contribution in [0.2, 0.25) is 0 Å². The summed E-state index contributed by atoms with van der Waals surface area (Å²) in [6.07, 6.45) is 1.56. The van der Waals surface area contributed by atoms with Gasteiger partial charge in [0.25, 0.3) is 0 Å². The molecule has 0 aliphatic carbocycles. The molecule has 0 radical (unpaired) electrons. The van der Waals surface area contributed by atoms with Crippen molar-refractivity contribution in [2.75, 3.05) is 0 Å². The van der Waals surface area contributed by atoms with Crippen LogP contribution >= 0.6 is 0 Å². The molecule has 1 N–H and O–H groups in total. The molecule has 34 heavy (non-hydrogen) atoms. The molecule has 3 rings (SSSR count). The zero-order valence-corrected chi connectivity index (χ0v) is 20.8. The van der Waals surface area contributed by atoms with Gasteiger partial charge in [0, 0.05) is 19.0 Å². The van der Waals surface area contributed by atoms with E-state index in [4.69, 9.17) is 0 Å². The van der Waals surface area contributed by atoms with Crippen LogP contribution in [0.3, 0.4) is 0 Å². The number of hydrogen-bond donors (Lipinski definition) is 1. The zero-order valence-electron chi connectivity index (χ0n) is 20.8. The minimum absolute atomic E-state index is 0.0406. The minimum Gasteiger partial charge on any atom is -0.352 e. The number of hydrogen-bond acceptors (Lipinski definition) is 2. The van der Waals surface area contributed by atoms with Gasteiger partial charge in [-0.2, -0.15) is 0 Å². The number of benzene rings is 3. The van der Waals surface area contributed by atoms with Gasteiger partial charge in [-0.1, -0.05) is 96.9 Å². The Bertz CT molecular complexity index is 1080. The van der Waals surface area contributed by atoms with Gasteiger partial charge >= 0.3 is 0 Å². The van der Waals surface area contributed by atoms with E-state index in [2.05, 4.69) is 5.32 Å². The molecule has 0 bridgehead atoms. The third-order valence-corrected chi connectivity index (χ3v) is 6.18. The van der Waals surface area contributed by atoms with E-state index < -0.39 is 6.04 Å². The number of carbonyl (C=O) groups excluding carboxylic acids is 2. The SMILES string of the molecule is CCC(C)NC(=O)C(Cc1ccccc1)N(Cc1ccc(C)cc1)C(=O)Cc1cccc(C)c1. The summed E-state index contributed by atoms with van der Waals surface area (Å²) in [5.41, 5.74) is 5.28. The topological polar surface area (TPSA) is 49.4 Å². The van der Waals surface area contributed by atoms with Gasteiger partial charge in [-0.15, -0.1) is 0 Å². The smallest absolute Gasteiger partial charge is 0.243 e. The number of amides is 2. The maximum Gasteiger partial charge on any atom is 0.243 e. The van der Waals surface area contributed by atoms with E-state index in [1.165, 1.54) is 0 Å². The summed E-state index contributed by atoms with van der Waals surface area (Å²) in [4.78, 5) is 29.0. The molecule has 0 spiro atoms. The van der Waals surface area contributed by atoms with Gasteiger partial charge in [-0.3, -0.25) is 9.59 Å². The molecule has 4 nitrogen and oxygen atoms in total. The van der Waals surface area contributed by atoms with E-state index >= 15 is 0 Å². The molecule has 178 valence electrons. The molecule has 0 heterocycles. The molecule has 3 aromatic carbocycles. The molecule has 0 aliphatic heterocycles. The molecular formula is C30H36N2O2. The van der Waals surface area contributed by atoms with E-state index in [0.717, 1.165) is 34.2 Å². The first-order valence-corrected chi connectivity index (χ1v) is 12.1. The van der Waals surface area contributed by atoms with Crippen LogP contribution in [0.15, 0.2) is 78.9 Å². The molecule has 4 heteroatoms. The quantitative estimate of drug-likeness (QED) is 0.444. The summed E-state index contributed by atoms with van der Waals surface area (Å²) in [5, 5.41) is 3.12. The molecule has 0 fully saturated rings. The maximum atomic E-state index is 13.7. The molecule has 2 atom stereocenters. The van der Waals surface area contributed by atoms with Gasteiger partial charge in [0.1, 0.15) is 6.04 Å². The molecule has 2 unspecified atom stereocenters. The predicted molar refractivity (Wildman–Crippen MR) is 138 cm³/mol. The molecule has 3 aromatic rings. The molecule has 0 aliphatic rings. The van der Waals surface area contributed by atoms with Crippen molar-refractivity contribution in [3.05, 3.63) is 107 Å². The second-order valence-corrected chi connectivity index (χ2v) is 9.20. The summed E-state index contributed by atoms with van der Waals surface area (Å²) in [6.45, 7) is 8.49. The third kappa shape index (κ3) is 7.31. The lowest BCUT2D eigenvalue weighted by atomic mass is 10.0. The van der Waals surface area contributed by atoms with Crippen molar-refractivity contribution in [2.24, 2.45) is 0 Å². The highest BCUT2D eigenvalue weighted by Gasteiger charge is 2.31. The van der Waals surface area contributed by atoms with Crippen LogP contribution in [0.5, 0.6) is 0 Å². The zero-order chi connectivity index (χ0) is 24.5. The van der Waals surface area contributed by atoms with Crippen molar-refractivity contribution < 1.29 is 9.59 Å². The largest absolute Gasteiger partial charge is 0.352 e. The molecular weight excluding hydrogens is 420 g/mol. The van der Waals surface area contributed by atoms with E-state index in [1.54, 1.807) is 4.90 Å². The number of rotatable bonds is 10. The minimum atomic E-state index is -0.602. The third-order valence-electron chi connectivity index (χ3n) is 6.18. The van der Waals surface area contributed by atoms with Crippen LogP contribution < -0.4 is 5.32 Å². The van der Waals surface area contributed by atoms with Crippen molar-refractivity contribution in [3.63, 3.8) is 0 Å². The lowest BCUT2D eigenvalue weighted by Gasteiger charge is -2.32. The Balaban J connectivity index is 1.96. The Morgan fingerprint density at radius 2 is 1.50 bits per heavy atom. The highest BCUT2D eigenvalue weighted by molar-refractivity contribution is 5.89. The number of nitrogens with zero attached hydrogens (tertiary/aromatic N) is 1. The Morgan fingerprint density at radius 3 is 2.15 bits per heavy atom. The number of nitrogens with one attached hydrogen (secondary N) is 1. The summed E-state index contributed by atoms with van der Waals surface area (Å²) in [5.74, 6) is -0.158. The highest BCUT2D eigenvalue weighted by Crippen LogP contribution is 2.18. The van der Waals surface area contributed by atoms with Gasteiger partial charge in [0.2, 0.25) is 11.8 Å². The Hall–Kier alpha value is -3.40. The Kier molecular flexibility index (Phi) is 9.03. The monoisotopic (exact) mass is 456 g/mol. The predicted octanol–water partition coefficient (Wildman–Crippen LogP) is 5.40. The lowest BCUT2D eigenvalue weighted by Crippen LogP contribution is -2.52. The summed E-state index contributed by atoms with van der Waals surface area (Å²) >= 11 is 0. The van der Waals surface area contributed by atoms with Crippen LogP contribution in [-0.2, 0) is 29.0 Å². The van der Waals surface area contributed by atoms with Crippen molar-refractivity contribution in [2.45, 2.75) is 65.6 Å². The second-order valence-electron chi connectivity index (χ2n) is 9.20. The van der Waals surface area contributed by atoms with Gasteiger partial charge < -0.3 is 10.2 Å². The molecule has 0 aromatic heterocycles. The Morgan fingerprint density at radius 1 is 0.824 bits per heavy atom. The van der Waals surface area contributed by atoms with Crippen LogP contribution in [0.25, 0.3) is 0 Å². The fraction of sp³-hybridized carbons (Fsp3) is 0.333. The van der Waals surface area contributed by atoms with Crippen molar-refractivity contribution in [1.82, 2.24) is 10.2 Å². The normalized spacial score (nSPS) is 12.6. The number of carbonyl (C=O) groups is 2. The summed E-state index contributed by atoms with van der Waals surface area (Å²) < 4.78 is 0. The summed E-state index contributed by atoms with van der Waals surface area (Å²) in [6, 6.07) is 25.5. The standard InChI is InChI=1S/C30H36N2O2/c1-5-24(4)31-30(34)28(19-25-11-7-6-8-12-25)32(21-26-16-14-22(2)15-17-26)29(33)20-27-13-9-10-23(3)18-27/h6-18,24,28H,5,19-21H2,1-4H3,(H,31,34). The van der Waals surface area contributed by atoms with Crippen molar-refractivity contribution in [1.29, 1.82) is 0 Å². The van der Waals surface area contributed by atoms with E-state index in [0.29, 0.717) is 13.0 Å². The molecule has 0 saturated carbocycles. The van der Waals surface area contributed by atoms with Crippen LogP contribution in [0.4, 0.5) is 0 Å².